The Morgan fingerprint density at radius 1 is 1.19 bits per heavy atom. The molecule has 1 N–H and O–H groups in total. The first-order valence-corrected chi connectivity index (χ1v) is 11.5. The van der Waals surface area contributed by atoms with Crippen LogP contribution < -0.4 is 10.9 Å². The predicted octanol–water partition coefficient (Wildman–Crippen LogP) is 3.71. The van der Waals surface area contributed by atoms with Gasteiger partial charge >= 0.3 is 0 Å². The van der Waals surface area contributed by atoms with Crippen LogP contribution in [0.15, 0.2) is 58.5 Å². The van der Waals surface area contributed by atoms with Gasteiger partial charge in [-0.2, -0.15) is 0 Å². The average Bonchev–Trinajstić information content (AvgIpc) is 3.52. The summed E-state index contributed by atoms with van der Waals surface area (Å²) in [5.74, 6) is -0.0619. The molecular weight excluding hydrogens is 429 g/mol. The average molecular weight is 452 g/mol. The van der Waals surface area contributed by atoms with Crippen molar-refractivity contribution in [3.05, 3.63) is 70.3 Å². The molecule has 0 radical (unpaired) electrons. The normalized spacial score (nSPS) is 14.7. The summed E-state index contributed by atoms with van der Waals surface area (Å²) in [6, 6.07) is 13.5. The lowest BCUT2D eigenvalue weighted by Crippen LogP contribution is -2.30. The number of amides is 1. The van der Waals surface area contributed by atoms with E-state index >= 15 is 0 Å². The standard InChI is InChI=1S/C23H22FN5O2S/c1-2-13-28-21(31)17-5-3-4-6-18(17)29-22(28)26-27-23(29)32-19(20(30)25-16-11-12-16)14-7-9-15(24)10-8-14/h3-10,16,19H,2,11-13H2,1H3,(H,25,30). The van der Waals surface area contributed by atoms with E-state index in [1.807, 2.05) is 29.5 Å². The molecule has 5 rings (SSSR count). The van der Waals surface area contributed by atoms with Crippen LogP contribution in [0.3, 0.4) is 0 Å². The molecule has 7 nitrogen and oxygen atoms in total. The number of nitrogens with one attached hydrogen (secondary N) is 1. The van der Waals surface area contributed by atoms with Gasteiger partial charge in [0.25, 0.3) is 5.56 Å². The Hall–Kier alpha value is -3.20. The fourth-order valence-corrected chi connectivity index (χ4v) is 4.81. The summed E-state index contributed by atoms with van der Waals surface area (Å²) in [6.45, 7) is 2.51. The molecule has 0 aliphatic heterocycles. The second kappa shape index (κ2) is 8.38. The molecule has 0 spiro atoms. The first-order chi connectivity index (χ1) is 15.6. The number of aryl methyl sites for hydroxylation is 1. The van der Waals surface area contributed by atoms with E-state index in [1.165, 1.54) is 23.9 Å². The minimum Gasteiger partial charge on any atom is -0.352 e. The molecule has 2 aromatic carbocycles. The summed E-state index contributed by atoms with van der Waals surface area (Å²) in [4.78, 5) is 26.1. The first kappa shape index (κ1) is 20.7. The molecule has 2 aromatic heterocycles. The molecule has 1 atom stereocenters. The SMILES string of the molecule is CCCn1c(=O)c2ccccc2n2c(SC(C(=O)NC3CC3)c3ccc(F)cc3)nnc12. The van der Waals surface area contributed by atoms with Crippen LogP contribution in [0.5, 0.6) is 0 Å². The van der Waals surface area contributed by atoms with Crippen molar-refractivity contribution in [2.24, 2.45) is 0 Å². The van der Waals surface area contributed by atoms with Crippen molar-refractivity contribution in [1.82, 2.24) is 24.5 Å². The summed E-state index contributed by atoms with van der Waals surface area (Å²) in [7, 11) is 0. The van der Waals surface area contributed by atoms with Crippen LogP contribution in [-0.4, -0.2) is 31.1 Å². The largest absolute Gasteiger partial charge is 0.352 e. The smallest absolute Gasteiger partial charge is 0.262 e. The van der Waals surface area contributed by atoms with Crippen LogP contribution in [-0.2, 0) is 11.3 Å². The topological polar surface area (TPSA) is 81.3 Å². The summed E-state index contributed by atoms with van der Waals surface area (Å²) in [5.41, 5.74) is 1.26. The highest BCUT2D eigenvalue weighted by Crippen LogP contribution is 2.36. The zero-order valence-corrected chi connectivity index (χ0v) is 18.3. The minimum atomic E-state index is -0.631. The highest BCUT2D eigenvalue weighted by Gasteiger charge is 2.31. The molecule has 9 heteroatoms. The van der Waals surface area contributed by atoms with Crippen molar-refractivity contribution in [3.63, 3.8) is 0 Å². The molecule has 2 heterocycles. The van der Waals surface area contributed by atoms with E-state index in [0.717, 1.165) is 19.3 Å². The number of para-hydroxylation sites is 1. The number of nitrogens with zero attached hydrogens (tertiary/aromatic N) is 4. The summed E-state index contributed by atoms with van der Waals surface area (Å²) < 4.78 is 17.0. The number of halogens is 1. The zero-order valence-electron chi connectivity index (χ0n) is 17.5. The van der Waals surface area contributed by atoms with Crippen molar-refractivity contribution < 1.29 is 9.18 Å². The lowest BCUT2D eigenvalue weighted by Gasteiger charge is -2.17. The number of hydrogen-bond acceptors (Lipinski definition) is 5. The maximum Gasteiger partial charge on any atom is 0.262 e. The number of fused-ring (bicyclic) bond motifs is 3. The molecule has 32 heavy (non-hydrogen) atoms. The van der Waals surface area contributed by atoms with Gasteiger partial charge in [0.15, 0.2) is 5.16 Å². The van der Waals surface area contributed by atoms with Crippen molar-refractivity contribution in [2.45, 2.75) is 49.2 Å². The Kier molecular flexibility index (Phi) is 5.42. The summed E-state index contributed by atoms with van der Waals surface area (Å²) in [6.07, 6.45) is 2.70. The Morgan fingerprint density at radius 2 is 1.94 bits per heavy atom. The number of thioether (sulfide) groups is 1. The van der Waals surface area contributed by atoms with Gasteiger partial charge in [-0.3, -0.25) is 18.6 Å². The summed E-state index contributed by atoms with van der Waals surface area (Å²) in [5, 5.41) is 12.1. The minimum absolute atomic E-state index is 0.111. The molecule has 1 unspecified atom stereocenters. The Bertz CT molecular complexity index is 1360. The number of benzene rings is 2. The van der Waals surface area contributed by atoms with Crippen molar-refractivity contribution in [3.8, 4) is 0 Å². The van der Waals surface area contributed by atoms with Crippen molar-refractivity contribution >= 4 is 34.3 Å². The zero-order chi connectivity index (χ0) is 22.2. The van der Waals surface area contributed by atoms with Gasteiger partial charge < -0.3 is 5.32 Å². The van der Waals surface area contributed by atoms with Crippen LogP contribution in [0, 0.1) is 5.82 Å². The number of aromatic nitrogens is 4. The molecule has 0 saturated heterocycles. The molecule has 1 saturated carbocycles. The molecule has 1 aliphatic carbocycles. The highest BCUT2D eigenvalue weighted by atomic mass is 32.2. The predicted molar refractivity (Wildman–Crippen MR) is 121 cm³/mol. The van der Waals surface area contributed by atoms with E-state index in [9.17, 15) is 14.0 Å². The number of carbonyl (C=O) groups excluding carboxylic acids is 1. The second-order valence-electron chi connectivity index (χ2n) is 7.92. The third-order valence-corrected chi connectivity index (χ3v) is 6.68. The highest BCUT2D eigenvalue weighted by molar-refractivity contribution is 8.00. The molecule has 1 amide bonds. The Morgan fingerprint density at radius 3 is 2.66 bits per heavy atom. The number of carbonyl (C=O) groups is 1. The van der Waals surface area contributed by atoms with Gasteiger partial charge in [-0.1, -0.05) is 43.0 Å². The van der Waals surface area contributed by atoms with Gasteiger partial charge in [-0.25, -0.2) is 4.39 Å². The third kappa shape index (κ3) is 3.77. The fourth-order valence-electron chi connectivity index (χ4n) is 3.76. The molecule has 1 aliphatic rings. The maximum atomic E-state index is 13.5. The van der Waals surface area contributed by atoms with E-state index < -0.39 is 5.25 Å². The van der Waals surface area contributed by atoms with E-state index in [0.29, 0.717) is 33.9 Å². The van der Waals surface area contributed by atoms with Crippen LogP contribution >= 0.6 is 11.8 Å². The van der Waals surface area contributed by atoms with Crippen LogP contribution in [0.4, 0.5) is 4.39 Å². The molecule has 1 fully saturated rings. The first-order valence-electron chi connectivity index (χ1n) is 10.7. The Balaban J connectivity index is 1.64. The van der Waals surface area contributed by atoms with Gasteiger partial charge in [-0.15, -0.1) is 10.2 Å². The van der Waals surface area contributed by atoms with E-state index in [4.69, 9.17) is 0 Å². The van der Waals surface area contributed by atoms with Gasteiger partial charge in [0, 0.05) is 12.6 Å². The second-order valence-corrected chi connectivity index (χ2v) is 9.00. The number of hydrogen-bond donors (Lipinski definition) is 1. The molecule has 4 aromatic rings. The van der Waals surface area contributed by atoms with Crippen LogP contribution in [0.2, 0.25) is 0 Å². The fraction of sp³-hybridized carbons (Fsp3) is 0.304. The van der Waals surface area contributed by atoms with Gasteiger partial charge in [0.1, 0.15) is 11.1 Å². The van der Waals surface area contributed by atoms with Gasteiger partial charge in [0.2, 0.25) is 11.7 Å². The van der Waals surface area contributed by atoms with Gasteiger partial charge in [-0.05, 0) is 49.1 Å². The maximum absolute atomic E-state index is 13.5. The van der Waals surface area contributed by atoms with Crippen LogP contribution in [0.25, 0.3) is 16.7 Å². The third-order valence-electron chi connectivity index (χ3n) is 5.48. The monoisotopic (exact) mass is 451 g/mol. The quantitative estimate of drug-likeness (QED) is 0.433. The lowest BCUT2D eigenvalue weighted by atomic mass is 10.1. The van der Waals surface area contributed by atoms with Gasteiger partial charge in [0.05, 0.1) is 10.9 Å². The molecule has 0 bridgehead atoms. The molecule has 164 valence electrons. The Labute approximate surface area is 187 Å². The molecular formula is C23H22FN5O2S. The van der Waals surface area contributed by atoms with E-state index in [1.54, 1.807) is 22.8 Å². The van der Waals surface area contributed by atoms with E-state index in [2.05, 4.69) is 15.5 Å². The van der Waals surface area contributed by atoms with Crippen molar-refractivity contribution in [2.75, 3.05) is 0 Å². The van der Waals surface area contributed by atoms with Crippen molar-refractivity contribution in [1.29, 1.82) is 0 Å². The lowest BCUT2D eigenvalue weighted by molar-refractivity contribution is -0.120. The number of rotatable bonds is 7. The van der Waals surface area contributed by atoms with E-state index in [-0.39, 0.29) is 23.3 Å². The van der Waals surface area contributed by atoms with Crippen LogP contribution in [0.1, 0.15) is 37.0 Å². The summed E-state index contributed by atoms with van der Waals surface area (Å²) >= 11 is 1.25.